The summed E-state index contributed by atoms with van der Waals surface area (Å²) in [6, 6.07) is 39.1. The summed E-state index contributed by atoms with van der Waals surface area (Å²) in [4.78, 5) is 31.9. The number of carbonyl (C=O) groups is 2. The van der Waals surface area contributed by atoms with Crippen LogP contribution < -0.4 is 9.47 Å². The monoisotopic (exact) mass is 832 g/mol. The number of aryl methyl sites for hydroxylation is 2. The number of carbonyl (C=O) groups excluding carboxylic acids is 1. The first-order chi connectivity index (χ1) is 30.1. The highest BCUT2D eigenvalue weighted by molar-refractivity contribution is 5.90. The van der Waals surface area contributed by atoms with Crippen molar-refractivity contribution in [2.24, 2.45) is 0 Å². The van der Waals surface area contributed by atoms with Gasteiger partial charge in [-0.25, -0.2) is 18.4 Å². The van der Waals surface area contributed by atoms with Crippen LogP contribution in [0.5, 0.6) is 11.5 Å². The summed E-state index contributed by atoms with van der Waals surface area (Å²) in [6.45, 7) is 6.62. The van der Waals surface area contributed by atoms with Crippen LogP contribution in [0, 0.1) is 25.5 Å². The van der Waals surface area contributed by atoms with E-state index in [1.165, 1.54) is 36.7 Å². The number of esters is 1. The molecule has 0 fully saturated rings. The van der Waals surface area contributed by atoms with Crippen LogP contribution in [0.25, 0.3) is 33.9 Å². The third kappa shape index (κ3) is 9.94. The molecular weight excluding hydrogens is 791 g/mol. The Hall–Kier alpha value is -7.86. The van der Waals surface area contributed by atoms with Gasteiger partial charge in [0.15, 0.2) is 0 Å². The fraction of sp³-hybridized carbons (Fsp3) is 0.120. The molecule has 12 heteroatoms. The summed E-state index contributed by atoms with van der Waals surface area (Å²) in [7, 11) is 0. The Morgan fingerprint density at radius 3 is 1.47 bits per heavy atom. The SMILES string of the molecule is CCOC(=O)c1cncc(-n2c(C)ccc2-c2ccccc2OCc2ccc(F)cc2)c1.Cc1ccc(-c2ccccc2OCc2ccc(F)cc2)n1-c1cncc(C(=O)O)c1. The molecule has 10 nitrogen and oxygen atoms in total. The first-order valence-electron chi connectivity index (χ1n) is 19.7. The Bertz CT molecular complexity index is 2820. The minimum absolute atomic E-state index is 0.118. The number of ether oxygens (including phenoxy) is 3. The van der Waals surface area contributed by atoms with Gasteiger partial charge in [0.05, 0.1) is 52.9 Å². The molecule has 0 aliphatic carbocycles. The second kappa shape index (κ2) is 19.5. The van der Waals surface area contributed by atoms with E-state index in [1.54, 1.807) is 55.7 Å². The van der Waals surface area contributed by atoms with Crippen molar-refractivity contribution in [3.8, 4) is 45.4 Å². The number of aromatic nitrogens is 4. The number of aromatic carboxylic acids is 1. The Labute approximate surface area is 357 Å². The van der Waals surface area contributed by atoms with Gasteiger partial charge in [-0.05, 0) is 117 Å². The third-order valence-electron chi connectivity index (χ3n) is 9.82. The van der Waals surface area contributed by atoms with Gasteiger partial charge in [-0.2, -0.15) is 0 Å². The minimum Gasteiger partial charge on any atom is -0.488 e. The second-order valence-corrected chi connectivity index (χ2v) is 14.1. The van der Waals surface area contributed by atoms with Gasteiger partial charge < -0.3 is 28.5 Å². The van der Waals surface area contributed by atoms with Crippen LogP contribution in [0.1, 0.15) is 50.2 Å². The lowest BCUT2D eigenvalue weighted by Gasteiger charge is -2.16. The maximum atomic E-state index is 13.2. The number of rotatable bonds is 13. The molecule has 0 radical (unpaired) electrons. The number of hydrogen-bond acceptors (Lipinski definition) is 7. The van der Waals surface area contributed by atoms with Gasteiger partial charge in [0.2, 0.25) is 0 Å². The van der Waals surface area contributed by atoms with Crippen LogP contribution in [0.15, 0.2) is 158 Å². The van der Waals surface area contributed by atoms with E-state index in [-0.39, 0.29) is 17.2 Å². The summed E-state index contributed by atoms with van der Waals surface area (Å²) < 4.78 is 47.5. The van der Waals surface area contributed by atoms with Crippen molar-refractivity contribution in [1.82, 2.24) is 19.1 Å². The van der Waals surface area contributed by atoms with Crippen molar-refractivity contribution in [2.75, 3.05) is 6.61 Å². The van der Waals surface area contributed by atoms with E-state index in [0.717, 1.165) is 50.7 Å². The molecule has 0 atom stereocenters. The van der Waals surface area contributed by atoms with E-state index < -0.39 is 11.9 Å². The quantitative estimate of drug-likeness (QED) is 0.114. The van der Waals surface area contributed by atoms with E-state index in [2.05, 4.69) is 9.97 Å². The number of carboxylic acids is 1. The lowest BCUT2D eigenvalue weighted by molar-refractivity contribution is 0.0525. The molecule has 0 bridgehead atoms. The van der Waals surface area contributed by atoms with Crippen molar-refractivity contribution < 1.29 is 37.7 Å². The lowest BCUT2D eigenvalue weighted by Crippen LogP contribution is -2.07. The fourth-order valence-corrected chi connectivity index (χ4v) is 6.82. The Kier molecular flexibility index (Phi) is 13.3. The van der Waals surface area contributed by atoms with Crippen molar-refractivity contribution in [3.05, 3.63) is 204 Å². The van der Waals surface area contributed by atoms with Gasteiger partial charge >= 0.3 is 11.9 Å². The molecule has 0 unspecified atom stereocenters. The van der Waals surface area contributed by atoms with Gasteiger partial charge in [-0.15, -0.1) is 0 Å². The van der Waals surface area contributed by atoms with Crippen molar-refractivity contribution >= 4 is 11.9 Å². The largest absolute Gasteiger partial charge is 0.488 e. The number of hydrogen-bond donors (Lipinski definition) is 1. The summed E-state index contributed by atoms with van der Waals surface area (Å²) in [6.07, 6.45) is 6.16. The number of nitrogens with zero attached hydrogens (tertiary/aromatic N) is 4. The Balaban J connectivity index is 0.000000187. The Morgan fingerprint density at radius 1 is 0.581 bits per heavy atom. The maximum Gasteiger partial charge on any atom is 0.339 e. The zero-order chi connectivity index (χ0) is 43.6. The highest BCUT2D eigenvalue weighted by Crippen LogP contribution is 2.35. The molecule has 4 aromatic heterocycles. The molecule has 8 rings (SSSR count). The van der Waals surface area contributed by atoms with Crippen molar-refractivity contribution in [2.45, 2.75) is 34.0 Å². The topological polar surface area (TPSA) is 118 Å². The van der Waals surface area contributed by atoms with Gasteiger partial charge in [-0.1, -0.05) is 48.5 Å². The van der Waals surface area contributed by atoms with E-state index >= 15 is 0 Å². The third-order valence-corrected chi connectivity index (χ3v) is 9.82. The highest BCUT2D eigenvalue weighted by atomic mass is 19.1. The average molecular weight is 833 g/mol. The molecule has 4 heterocycles. The van der Waals surface area contributed by atoms with Gasteiger partial charge in [0, 0.05) is 34.9 Å². The molecule has 0 spiro atoms. The van der Waals surface area contributed by atoms with Crippen LogP contribution in [0.4, 0.5) is 8.78 Å². The van der Waals surface area contributed by atoms with Crippen molar-refractivity contribution in [1.29, 1.82) is 0 Å². The van der Waals surface area contributed by atoms with Crippen LogP contribution >= 0.6 is 0 Å². The summed E-state index contributed by atoms with van der Waals surface area (Å²) in [5, 5.41) is 9.31. The number of para-hydroxylation sites is 2. The number of pyridine rings is 2. The summed E-state index contributed by atoms with van der Waals surface area (Å²) in [5.74, 6) is -0.630. The lowest BCUT2D eigenvalue weighted by atomic mass is 10.1. The summed E-state index contributed by atoms with van der Waals surface area (Å²) >= 11 is 0. The van der Waals surface area contributed by atoms with E-state index in [9.17, 15) is 23.5 Å². The molecule has 0 amide bonds. The number of halogens is 2. The molecule has 62 heavy (non-hydrogen) atoms. The molecule has 1 N–H and O–H groups in total. The second-order valence-electron chi connectivity index (χ2n) is 14.1. The maximum absolute atomic E-state index is 13.2. The van der Waals surface area contributed by atoms with Gasteiger partial charge in [0.1, 0.15) is 36.3 Å². The van der Waals surface area contributed by atoms with E-state index in [1.807, 2.05) is 95.8 Å². The molecule has 8 aromatic rings. The number of benzene rings is 4. The highest BCUT2D eigenvalue weighted by Gasteiger charge is 2.18. The van der Waals surface area contributed by atoms with E-state index in [4.69, 9.17) is 14.2 Å². The van der Waals surface area contributed by atoms with Crippen LogP contribution in [0.3, 0.4) is 0 Å². The first-order valence-corrected chi connectivity index (χ1v) is 19.7. The normalized spacial score (nSPS) is 10.7. The molecule has 312 valence electrons. The van der Waals surface area contributed by atoms with Crippen LogP contribution in [-0.2, 0) is 18.0 Å². The average Bonchev–Trinajstić information content (AvgIpc) is 3.88. The first kappa shape index (κ1) is 42.3. The molecule has 4 aromatic carbocycles. The minimum atomic E-state index is -1.03. The predicted molar refractivity (Wildman–Crippen MR) is 232 cm³/mol. The molecule has 0 aliphatic rings. The predicted octanol–water partition coefficient (Wildman–Crippen LogP) is 11.0. The molecule has 0 saturated carbocycles. The Morgan fingerprint density at radius 2 is 1.02 bits per heavy atom. The smallest absolute Gasteiger partial charge is 0.339 e. The standard InChI is InChI=1S/C26H23FN2O3.C24H19FN2O3/c1-3-31-26(30)20-14-22(16-28-15-20)29-18(2)8-13-24(29)23-6-4-5-7-25(23)32-17-19-9-11-21(27)12-10-19;1-16-6-11-22(27(16)20-12-18(24(28)29)13-26-14-20)21-4-2-3-5-23(21)30-15-17-7-9-19(25)10-8-17/h4-16H,3,17H2,1-2H3;2-14H,15H2,1H3,(H,28,29). The van der Waals surface area contributed by atoms with Gasteiger partial charge in [0.25, 0.3) is 0 Å². The molecule has 0 saturated heterocycles. The summed E-state index contributed by atoms with van der Waals surface area (Å²) in [5.41, 5.74) is 9.07. The van der Waals surface area contributed by atoms with Crippen LogP contribution in [-0.4, -0.2) is 42.8 Å². The zero-order valence-electron chi connectivity index (χ0n) is 34.2. The molecule has 0 aliphatic heterocycles. The van der Waals surface area contributed by atoms with Crippen molar-refractivity contribution in [3.63, 3.8) is 0 Å². The van der Waals surface area contributed by atoms with E-state index in [0.29, 0.717) is 42.6 Å². The fourth-order valence-electron chi connectivity index (χ4n) is 6.82. The zero-order valence-corrected chi connectivity index (χ0v) is 34.2. The molecular formula is C50H42F2N4O6. The van der Waals surface area contributed by atoms with Gasteiger partial charge in [-0.3, -0.25) is 9.97 Å². The number of carboxylic acid groups (broad SMARTS) is 1. The van der Waals surface area contributed by atoms with Crippen LogP contribution in [0.2, 0.25) is 0 Å².